The molecule has 0 aliphatic rings. The number of rotatable bonds is 7. The minimum Gasteiger partial charge on any atom is -0.326 e. The molecule has 0 aliphatic heterocycles. The summed E-state index contributed by atoms with van der Waals surface area (Å²) in [6.07, 6.45) is 0. The van der Waals surface area contributed by atoms with Crippen molar-refractivity contribution in [3.05, 3.63) is 104 Å². The summed E-state index contributed by atoms with van der Waals surface area (Å²) in [4.78, 5) is 2.39. The first-order valence-electron chi connectivity index (χ1n) is 8.72. The first-order chi connectivity index (χ1) is 13.0. The van der Waals surface area contributed by atoms with Crippen molar-refractivity contribution in [1.29, 1.82) is 0 Å². The van der Waals surface area contributed by atoms with Gasteiger partial charge in [-0.1, -0.05) is 81.6 Å². The second-order valence-corrected chi connectivity index (χ2v) is 8.27. The zero-order valence-electron chi connectivity index (χ0n) is 14.8. The minimum absolute atomic E-state index is 0.562. The van der Waals surface area contributed by atoms with Gasteiger partial charge in [-0.3, -0.25) is 4.90 Å². The largest absolute Gasteiger partial charge is 0.326 e. The Hall–Kier alpha value is -1.36. The molecule has 2 N–H and O–H groups in total. The SMILES string of the molecule is NCc1ccc(CN(Cc2ccc(Br)cc2)Cc2ccc(Cl)c(Cl)c2)cc1. The van der Waals surface area contributed by atoms with Gasteiger partial charge in [0, 0.05) is 30.7 Å². The lowest BCUT2D eigenvalue weighted by atomic mass is 10.1. The molecule has 0 atom stereocenters. The maximum Gasteiger partial charge on any atom is 0.0595 e. The summed E-state index contributed by atoms with van der Waals surface area (Å²) in [7, 11) is 0. The van der Waals surface area contributed by atoms with Gasteiger partial charge in [-0.2, -0.15) is 0 Å². The van der Waals surface area contributed by atoms with E-state index in [9.17, 15) is 0 Å². The monoisotopic (exact) mass is 462 g/mol. The van der Waals surface area contributed by atoms with Gasteiger partial charge in [0.1, 0.15) is 0 Å². The van der Waals surface area contributed by atoms with Gasteiger partial charge in [-0.15, -0.1) is 0 Å². The first-order valence-corrected chi connectivity index (χ1v) is 10.3. The van der Waals surface area contributed by atoms with Gasteiger partial charge in [-0.25, -0.2) is 0 Å². The predicted molar refractivity (Wildman–Crippen MR) is 118 cm³/mol. The zero-order valence-corrected chi connectivity index (χ0v) is 17.9. The van der Waals surface area contributed by atoms with Gasteiger partial charge < -0.3 is 5.73 Å². The molecule has 0 unspecified atom stereocenters. The van der Waals surface area contributed by atoms with Crippen molar-refractivity contribution >= 4 is 39.1 Å². The maximum atomic E-state index is 6.20. The molecule has 3 aromatic carbocycles. The molecule has 0 bridgehead atoms. The Labute approximate surface area is 179 Å². The summed E-state index contributed by atoms with van der Waals surface area (Å²) in [6.45, 7) is 3.02. The summed E-state index contributed by atoms with van der Waals surface area (Å²) in [5, 5.41) is 1.17. The van der Waals surface area contributed by atoms with Crippen LogP contribution in [-0.2, 0) is 26.2 Å². The third-order valence-corrected chi connectivity index (χ3v) is 5.64. The Bertz CT molecular complexity index is 880. The van der Waals surface area contributed by atoms with E-state index in [2.05, 4.69) is 69.4 Å². The molecular weight excluding hydrogens is 443 g/mol. The standard InChI is InChI=1S/C22H21BrCl2N2/c23-20-8-5-18(6-9-20)14-27(13-17-3-1-16(12-26)2-4-17)15-19-7-10-21(24)22(25)11-19/h1-11H,12-15,26H2. The Morgan fingerprint density at radius 2 is 1.15 bits per heavy atom. The molecule has 0 heterocycles. The van der Waals surface area contributed by atoms with Crippen LogP contribution in [0.15, 0.2) is 71.2 Å². The quantitative estimate of drug-likeness (QED) is 0.438. The average Bonchev–Trinajstić information content (AvgIpc) is 2.67. The molecule has 3 aromatic rings. The highest BCUT2D eigenvalue weighted by atomic mass is 79.9. The summed E-state index contributed by atoms with van der Waals surface area (Å²) in [5.41, 5.74) is 10.5. The van der Waals surface area contributed by atoms with E-state index < -0.39 is 0 Å². The molecule has 0 aromatic heterocycles. The topological polar surface area (TPSA) is 29.3 Å². The van der Waals surface area contributed by atoms with Gasteiger partial charge in [0.15, 0.2) is 0 Å². The summed E-state index contributed by atoms with van der Waals surface area (Å²) in [5.74, 6) is 0. The molecule has 0 spiro atoms. The van der Waals surface area contributed by atoms with Crippen LogP contribution in [0.25, 0.3) is 0 Å². The van der Waals surface area contributed by atoms with Crippen LogP contribution in [0, 0.1) is 0 Å². The summed E-state index contributed by atoms with van der Waals surface area (Å²) in [6, 6.07) is 22.7. The lowest BCUT2D eigenvalue weighted by Gasteiger charge is -2.23. The average molecular weight is 464 g/mol. The van der Waals surface area contributed by atoms with Crippen molar-refractivity contribution in [2.45, 2.75) is 26.2 Å². The number of halogens is 3. The first kappa shape index (κ1) is 20.4. The van der Waals surface area contributed by atoms with Gasteiger partial charge in [0.05, 0.1) is 10.0 Å². The fraction of sp³-hybridized carbons (Fsp3) is 0.182. The minimum atomic E-state index is 0.562. The van der Waals surface area contributed by atoms with Gasteiger partial charge in [0.25, 0.3) is 0 Å². The summed E-state index contributed by atoms with van der Waals surface area (Å²) >= 11 is 15.8. The molecular formula is C22H21BrCl2N2. The molecule has 0 fully saturated rings. The Balaban J connectivity index is 1.79. The number of hydrogen-bond donors (Lipinski definition) is 1. The van der Waals surface area contributed by atoms with Crippen LogP contribution in [0.3, 0.4) is 0 Å². The van der Waals surface area contributed by atoms with Crippen LogP contribution in [0.1, 0.15) is 22.3 Å². The van der Waals surface area contributed by atoms with Crippen molar-refractivity contribution in [3.8, 4) is 0 Å². The van der Waals surface area contributed by atoms with E-state index in [-0.39, 0.29) is 0 Å². The fourth-order valence-corrected chi connectivity index (χ4v) is 3.54. The molecule has 0 radical (unpaired) electrons. The third kappa shape index (κ3) is 6.06. The highest BCUT2D eigenvalue weighted by molar-refractivity contribution is 9.10. The van der Waals surface area contributed by atoms with Crippen LogP contribution in [0.2, 0.25) is 10.0 Å². The van der Waals surface area contributed by atoms with Crippen molar-refractivity contribution in [2.24, 2.45) is 5.73 Å². The molecule has 3 rings (SSSR count). The fourth-order valence-electron chi connectivity index (χ4n) is 2.95. The molecule has 2 nitrogen and oxygen atoms in total. The van der Waals surface area contributed by atoms with Crippen molar-refractivity contribution < 1.29 is 0 Å². The summed E-state index contributed by atoms with van der Waals surface area (Å²) < 4.78 is 1.08. The second kappa shape index (κ2) is 9.72. The lowest BCUT2D eigenvalue weighted by Crippen LogP contribution is -2.22. The van der Waals surface area contributed by atoms with Crippen molar-refractivity contribution in [1.82, 2.24) is 4.90 Å². The van der Waals surface area contributed by atoms with Gasteiger partial charge >= 0.3 is 0 Å². The van der Waals surface area contributed by atoms with E-state index in [1.54, 1.807) is 0 Å². The highest BCUT2D eigenvalue weighted by Gasteiger charge is 2.10. The van der Waals surface area contributed by atoms with Crippen LogP contribution >= 0.6 is 39.1 Å². The number of nitrogens with zero attached hydrogens (tertiary/aromatic N) is 1. The normalized spacial score (nSPS) is 11.1. The molecule has 140 valence electrons. The Kier molecular flexibility index (Phi) is 7.33. The van der Waals surface area contributed by atoms with Crippen LogP contribution < -0.4 is 5.73 Å². The van der Waals surface area contributed by atoms with Crippen molar-refractivity contribution in [2.75, 3.05) is 0 Å². The predicted octanol–water partition coefficient (Wildman–Crippen LogP) is 6.42. The van der Waals surface area contributed by atoms with E-state index in [4.69, 9.17) is 28.9 Å². The third-order valence-electron chi connectivity index (χ3n) is 4.37. The van der Waals surface area contributed by atoms with Crippen LogP contribution in [0.5, 0.6) is 0 Å². The smallest absolute Gasteiger partial charge is 0.0595 e. The molecule has 0 saturated heterocycles. The number of nitrogens with two attached hydrogens (primary N) is 1. The number of benzene rings is 3. The van der Waals surface area contributed by atoms with Gasteiger partial charge in [-0.05, 0) is 46.5 Å². The molecule has 0 aliphatic carbocycles. The van der Waals surface area contributed by atoms with Gasteiger partial charge in [0.2, 0.25) is 0 Å². The zero-order chi connectivity index (χ0) is 19.2. The molecule has 0 amide bonds. The van der Waals surface area contributed by atoms with E-state index in [1.165, 1.54) is 11.1 Å². The van der Waals surface area contributed by atoms with Crippen molar-refractivity contribution in [3.63, 3.8) is 0 Å². The van der Waals surface area contributed by atoms with Crippen LogP contribution in [0.4, 0.5) is 0 Å². The Morgan fingerprint density at radius 3 is 1.70 bits per heavy atom. The van der Waals surface area contributed by atoms with Crippen LogP contribution in [-0.4, -0.2) is 4.90 Å². The van der Waals surface area contributed by atoms with E-state index in [1.807, 2.05) is 18.2 Å². The van der Waals surface area contributed by atoms with E-state index >= 15 is 0 Å². The second-order valence-electron chi connectivity index (χ2n) is 6.54. The number of hydrogen-bond acceptors (Lipinski definition) is 2. The maximum absolute atomic E-state index is 6.20. The Morgan fingerprint density at radius 1 is 0.667 bits per heavy atom. The lowest BCUT2D eigenvalue weighted by molar-refractivity contribution is 0.247. The highest BCUT2D eigenvalue weighted by Crippen LogP contribution is 2.24. The van der Waals surface area contributed by atoms with E-state index in [0.717, 1.165) is 35.2 Å². The molecule has 5 heteroatoms. The molecule has 27 heavy (non-hydrogen) atoms. The van der Waals surface area contributed by atoms with E-state index in [0.29, 0.717) is 16.6 Å². The molecule has 0 saturated carbocycles.